The number of nitrogens with one attached hydrogen (secondary N) is 2. The van der Waals surface area contributed by atoms with Crippen LogP contribution in [0.15, 0.2) is 42.5 Å². The third kappa shape index (κ3) is 3.25. The normalized spacial score (nSPS) is 15.4. The average Bonchev–Trinajstić information content (AvgIpc) is 3.05. The van der Waals surface area contributed by atoms with Crippen LogP contribution < -0.4 is 5.32 Å². The number of likely N-dealkylation sites (N-methyl/N-ethyl adjacent to an activating group) is 1. The number of benzene rings is 2. The van der Waals surface area contributed by atoms with Crippen molar-refractivity contribution in [1.82, 2.24) is 20.0 Å². The first kappa shape index (κ1) is 16.5. The zero-order valence-corrected chi connectivity index (χ0v) is 14.5. The van der Waals surface area contributed by atoms with Crippen LogP contribution in [0.2, 0.25) is 0 Å². The Bertz CT molecular complexity index is 929. The number of urea groups is 1. The lowest BCUT2D eigenvalue weighted by atomic mass is 10.0. The Balaban J connectivity index is 1.54. The van der Waals surface area contributed by atoms with Crippen molar-refractivity contribution in [2.45, 2.75) is 0 Å². The van der Waals surface area contributed by atoms with E-state index in [1.165, 1.54) is 12.1 Å². The highest BCUT2D eigenvalue weighted by Gasteiger charge is 2.20. The van der Waals surface area contributed by atoms with Crippen molar-refractivity contribution in [1.29, 1.82) is 0 Å². The Labute approximate surface area is 150 Å². The molecule has 1 saturated heterocycles. The second-order valence-corrected chi connectivity index (χ2v) is 6.56. The first-order valence-corrected chi connectivity index (χ1v) is 8.59. The molecular weight excluding hydrogens is 333 g/mol. The number of rotatable bonds is 2. The van der Waals surface area contributed by atoms with Crippen LogP contribution in [0.25, 0.3) is 22.0 Å². The molecule has 2 amide bonds. The Morgan fingerprint density at radius 1 is 1.08 bits per heavy atom. The van der Waals surface area contributed by atoms with Gasteiger partial charge in [0.15, 0.2) is 5.82 Å². The first-order chi connectivity index (χ1) is 12.6. The van der Waals surface area contributed by atoms with Crippen molar-refractivity contribution in [3.05, 3.63) is 48.3 Å². The summed E-state index contributed by atoms with van der Waals surface area (Å²) >= 11 is 0. The number of fused-ring (bicyclic) bond motifs is 1. The quantitative estimate of drug-likeness (QED) is 0.744. The van der Waals surface area contributed by atoms with Crippen LogP contribution in [0.4, 0.5) is 15.0 Å². The number of halogens is 1. The maximum Gasteiger partial charge on any atom is 0.323 e. The lowest BCUT2D eigenvalue weighted by molar-refractivity contribution is 0.164. The van der Waals surface area contributed by atoms with Crippen LogP contribution in [-0.2, 0) is 0 Å². The molecule has 1 fully saturated rings. The monoisotopic (exact) mass is 353 g/mol. The second-order valence-electron chi connectivity index (χ2n) is 6.56. The zero-order chi connectivity index (χ0) is 18.1. The van der Waals surface area contributed by atoms with Crippen molar-refractivity contribution in [2.75, 3.05) is 38.5 Å². The van der Waals surface area contributed by atoms with Crippen molar-refractivity contribution >= 4 is 22.8 Å². The molecule has 0 saturated carbocycles. The summed E-state index contributed by atoms with van der Waals surface area (Å²) in [5.74, 6) is 0.264. The fourth-order valence-corrected chi connectivity index (χ4v) is 3.13. The van der Waals surface area contributed by atoms with Crippen LogP contribution in [-0.4, -0.2) is 59.3 Å². The first-order valence-electron chi connectivity index (χ1n) is 8.59. The van der Waals surface area contributed by atoms with Crippen LogP contribution in [0, 0.1) is 5.82 Å². The smallest absolute Gasteiger partial charge is 0.322 e. The van der Waals surface area contributed by atoms with Gasteiger partial charge in [0.2, 0.25) is 0 Å². The molecule has 0 bridgehead atoms. The van der Waals surface area contributed by atoms with Gasteiger partial charge in [0, 0.05) is 31.6 Å². The third-order valence-corrected chi connectivity index (χ3v) is 4.76. The molecule has 1 aliphatic rings. The molecular formula is C19H20FN5O. The van der Waals surface area contributed by atoms with Gasteiger partial charge in [-0.2, -0.15) is 5.10 Å². The van der Waals surface area contributed by atoms with E-state index in [-0.39, 0.29) is 11.8 Å². The number of H-pyrrole nitrogens is 1. The topological polar surface area (TPSA) is 64.3 Å². The Morgan fingerprint density at radius 3 is 2.50 bits per heavy atom. The van der Waals surface area contributed by atoms with Crippen LogP contribution >= 0.6 is 0 Å². The number of carbonyl (C=O) groups excluding carboxylic acids is 1. The SMILES string of the molecule is CN1CCN(C(=O)Nc2n[nH]c3cc(-c4ccc(F)cc4)ccc23)CC1. The van der Waals surface area contributed by atoms with Crippen molar-refractivity contribution in [2.24, 2.45) is 0 Å². The van der Waals surface area contributed by atoms with Gasteiger partial charge in [-0.05, 0) is 42.4 Å². The Morgan fingerprint density at radius 2 is 1.77 bits per heavy atom. The van der Waals surface area contributed by atoms with Gasteiger partial charge in [0.25, 0.3) is 0 Å². The van der Waals surface area contributed by atoms with Crippen LogP contribution in [0.3, 0.4) is 0 Å². The summed E-state index contributed by atoms with van der Waals surface area (Å²) in [5, 5.41) is 10.9. The highest BCUT2D eigenvalue weighted by atomic mass is 19.1. The van der Waals surface area contributed by atoms with E-state index in [1.54, 1.807) is 17.0 Å². The molecule has 0 radical (unpaired) electrons. The molecule has 134 valence electrons. The third-order valence-electron chi connectivity index (χ3n) is 4.76. The average molecular weight is 353 g/mol. The summed E-state index contributed by atoms with van der Waals surface area (Å²) in [6.07, 6.45) is 0. The molecule has 2 aromatic carbocycles. The molecule has 0 aliphatic carbocycles. The summed E-state index contributed by atoms with van der Waals surface area (Å²) in [7, 11) is 2.05. The van der Waals surface area contributed by atoms with E-state index in [4.69, 9.17) is 0 Å². The molecule has 6 nitrogen and oxygen atoms in total. The minimum absolute atomic E-state index is 0.130. The van der Waals surface area contributed by atoms with Gasteiger partial charge in [-0.1, -0.05) is 18.2 Å². The highest BCUT2D eigenvalue weighted by Crippen LogP contribution is 2.27. The number of hydrogen-bond donors (Lipinski definition) is 2. The predicted molar refractivity (Wildman–Crippen MR) is 99.6 cm³/mol. The van der Waals surface area contributed by atoms with Crippen molar-refractivity contribution < 1.29 is 9.18 Å². The molecule has 1 aliphatic heterocycles. The summed E-state index contributed by atoms with van der Waals surface area (Å²) in [6.45, 7) is 3.16. The number of aromatic nitrogens is 2. The van der Waals surface area contributed by atoms with E-state index in [1.807, 2.05) is 18.2 Å². The molecule has 1 aromatic heterocycles. The molecule has 0 atom stereocenters. The lowest BCUT2D eigenvalue weighted by Crippen LogP contribution is -2.48. The minimum Gasteiger partial charge on any atom is -0.322 e. The number of nitrogens with zero attached hydrogens (tertiary/aromatic N) is 3. The Hall–Kier alpha value is -2.93. The van der Waals surface area contributed by atoms with Gasteiger partial charge in [-0.25, -0.2) is 9.18 Å². The molecule has 26 heavy (non-hydrogen) atoms. The van der Waals surface area contributed by atoms with Crippen LogP contribution in [0.1, 0.15) is 0 Å². The molecule has 4 rings (SSSR count). The minimum atomic E-state index is -0.259. The maximum atomic E-state index is 13.1. The summed E-state index contributed by atoms with van der Waals surface area (Å²) in [4.78, 5) is 16.4. The van der Waals surface area contributed by atoms with E-state index in [0.717, 1.165) is 35.1 Å². The largest absolute Gasteiger partial charge is 0.323 e. The predicted octanol–water partition coefficient (Wildman–Crippen LogP) is 3.15. The number of hydrogen-bond acceptors (Lipinski definition) is 3. The van der Waals surface area contributed by atoms with E-state index in [0.29, 0.717) is 18.9 Å². The molecule has 0 spiro atoms. The van der Waals surface area contributed by atoms with Gasteiger partial charge in [-0.15, -0.1) is 0 Å². The van der Waals surface area contributed by atoms with E-state index in [2.05, 4.69) is 27.5 Å². The van der Waals surface area contributed by atoms with Crippen LogP contribution in [0.5, 0.6) is 0 Å². The number of aromatic amines is 1. The Kier molecular flexibility index (Phi) is 4.30. The van der Waals surface area contributed by atoms with E-state index < -0.39 is 0 Å². The number of piperazine rings is 1. The second kappa shape index (κ2) is 6.76. The summed E-state index contributed by atoms with van der Waals surface area (Å²) in [5.41, 5.74) is 2.70. The molecule has 2 N–H and O–H groups in total. The van der Waals surface area contributed by atoms with E-state index >= 15 is 0 Å². The molecule has 3 aromatic rings. The number of anilines is 1. The zero-order valence-electron chi connectivity index (χ0n) is 14.5. The highest BCUT2D eigenvalue weighted by molar-refractivity contribution is 6.00. The number of carbonyl (C=O) groups is 1. The van der Waals surface area contributed by atoms with Crippen molar-refractivity contribution in [3.63, 3.8) is 0 Å². The summed E-state index contributed by atoms with van der Waals surface area (Å²) in [6, 6.07) is 12.0. The molecule has 7 heteroatoms. The van der Waals surface area contributed by atoms with Gasteiger partial charge in [0.05, 0.1) is 5.52 Å². The van der Waals surface area contributed by atoms with E-state index in [9.17, 15) is 9.18 Å². The number of amides is 2. The maximum absolute atomic E-state index is 13.1. The fraction of sp³-hybridized carbons (Fsp3) is 0.263. The van der Waals surface area contributed by atoms with Gasteiger partial charge < -0.3 is 9.80 Å². The molecule has 2 heterocycles. The van der Waals surface area contributed by atoms with Crippen molar-refractivity contribution in [3.8, 4) is 11.1 Å². The standard InChI is InChI=1S/C19H20FN5O/c1-24-8-10-25(11-9-24)19(26)21-18-16-7-4-14(12-17(16)22-23-18)13-2-5-15(20)6-3-13/h2-7,12H,8-11H2,1H3,(H2,21,22,23,26). The fourth-order valence-electron chi connectivity index (χ4n) is 3.13. The van der Waals surface area contributed by atoms with Gasteiger partial charge >= 0.3 is 6.03 Å². The van der Waals surface area contributed by atoms with Gasteiger partial charge in [0.1, 0.15) is 5.82 Å². The lowest BCUT2D eigenvalue weighted by Gasteiger charge is -2.32. The van der Waals surface area contributed by atoms with Gasteiger partial charge in [-0.3, -0.25) is 10.4 Å². The molecule has 0 unspecified atom stereocenters. The summed E-state index contributed by atoms with van der Waals surface area (Å²) < 4.78 is 13.1.